The maximum atomic E-state index is 12.1. The van der Waals surface area contributed by atoms with Gasteiger partial charge in [-0.1, -0.05) is 33.6 Å². The van der Waals surface area contributed by atoms with Gasteiger partial charge >= 0.3 is 6.03 Å². The lowest BCUT2D eigenvalue weighted by atomic mass is 10.1. The standard InChI is InChI=1S/C14H18BrClN2O2/c1-14(2)9-18(5-6-20-14)13(19)17-8-10-3-4-11(15)7-12(10)16/h3-4,7H,5-6,8-9H2,1-2H3,(H,17,19). The Morgan fingerprint density at radius 1 is 1.55 bits per heavy atom. The molecule has 1 N–H and O–H groups in total. The minimum Gasteiger partial charge on any atom is -0.372 e. The van der Waals surface area contributed by atoms with Gasteiger partial charge in [-0.25, -0.2) is 4.79 Å². The van der Waals surface area contributed by atoms with Gasteiger partial charge in [0.25, 0.3) is 0 Å². The molecule has 1 heterocycles. The molecular weight excluding hydrogens is 344 g/mol. The van der Waals surface area contributed by atoms with E-state index in [9.17, 15) is 4.79 Å². The van der Waals surface area contributed by atoms with Gasteiger partial charge in [-0.2, -0.15) is 0 Å². The van der Waals surface area contributed by atoms with Crippen molar-refractivity contribution in [3.63, 3.8) is 0 Å². The van der Waals surface area contributed by atoms with Gasteiger partial charge in [0.15, 0.2) is 0 Å². The van der Waals surface area contributed by atoms with Crippen LogP contribution in [-0.4, -0.2) is 36.2 Å². The Labute approximate surface area is 132 Å². The van der Waals surface area contributed by atoms with E-state index in [4.69, 9.17) is 16.3 Å². The first kappa shape index (κ1) is 15.6. The van der Waals surface area contributed by atoms with E-state index in [0.29, 0.717) is 31.3 Å². The van der Waals surface area contributed by atoms with Crippen molar-refractivity contribution in [3.8, 4) is 0 Å². The zero-order valence-electron chi connectivity index (χ0n) is 11.6. The van der Waals surface area contributed by atoms with Crippen LogP contribution >= 0.6 is 27.5 Å². The lowest BCUT2D eigenvalue weighted by Gasteiger charge is -2.38. The summed E-state index contributed by atoms with van der Waals surface area (Å²) in [6.45, 7) is 6.16. The topological polar surface area (TPSA) is 41.6 Å². The molecule has 0 radical (unpaired) electrons. The molecule has 0 unspecified atom stereocenters. The molecule has 2 amide bonds. The Balaban J connectivity index is 1.92. The number of halogens is 2. The van der Waals surface area contributed by atoms with E-state index in [2.05, 4.69) is 21.2 Å². The second-order valence-corrected chi connectivity index (χ2v) is 6.75. The zero-order valence-corrected chi connectivity index (χ0v) is 13.9. The molecule has 1 saturated heterocycles. The van der Waals surface area contributed by atoms with E-state index in [0.717, 1.165) is 10.0 Å². The fourth-order valence-corrected chi connectivity index (χ4v) is 2.88. The van der Waals surface area contributed by atoms with Gasteiger partial charge in [0, 0.05) is 22.6 Å². The number of carbonyl (C=O) groups is 1. The maximum Gasteiger partial charge on any atom is 0.317 e. The number of benzene rings is 1. The minimum absolute atomic E-state index is 0.0830. The van der Waals surface area contributed by atoms with Gasteiger partial charge < -0.3 is 15.0 Å². The van der Waals surface area contributed by atoms with Gasteiger partial charge in [-0.3, -0.25) is 0 Å². The average molecular weight is 362 g/mol. The maximum absolute atomic E-state index is 12.1. The third-order valence-electron chi connectivity index (χ3n) is 3.16. The molecule has 2 rings (SSSR count). The van der Waals surface area contributed by atoms with Crippen molar-refractivity contribution in [2.75, 3.05) is 19.7 Å². The molecule has 0 spiro atoms. The summed E-state index contributed by atoms with van der Waals surface area (Å²) >= 11 is 9.49. The Morgan fingerprint density at radius 2 is 2.30 bits per heavy atom. The van der Waals surface area contributed by atoms with Crippen LogP contribution in [0.3, 0.4) is 0 Å². The number of ether oxygens (including phenoxy) is 1. The monoisotopic (exact) mass is 360 g/mol. The van der Waals surface area contributed by atoms with Crippen molar-refractivity contribution >= 4 is 33.6 Å². The van der Waals surface area contributed by atoms with Gasteiger partial charge in [0.2, 0.25) is 0 Å². The molecule has 1 fully saturated rings. The molecule has 0 aliphatic carbocycles. The lowest BCUT2D eigenvalue weighted by molar-refractivity contribution is -0.0733. The molecule has 0 atom stereocenters. The Kier molecular flexibility index (Phi) is 4.94. The Bertz CT molecular complexity index is 508. The normalized spacial score (nSPS) is 17.9. The van der Waals surface area contributed by atoms with Gasteiger partial charge in [-0.15, -0.1) is 0 Å². The highest BCUT2D eigenvalue weighted by molar-refractivity contribution is 9.10. The van der Waals surface area contributed by atoms with Crippen LogP contribution in [0.25, 0.3) is 0 Å². The van der Waals surface area contributed by atoms with Crippen molar-refractivity contribution in [1.29, 1.82) is 0 Å². The Hall–Kier alpha value is -0.780. The van der Waals surface area contributed by atoms with Crippen molar-refractivity contribution < 1.29 is 9.53 Å². The zero-order chi connectivity index (χ0) is 14.8. The number of morpholine rings is 1. The molecule has 1 aliphatic rings. The second kappa shape index (κ2) is 6.33. The highest BCUT2D eigenvalue weighted by atomic mass is 79.9. The number of nitrogens with one attached hydrogen (secondary N) is 1. The second-order valence-electron chi connectivity index (χ2n) is 5.42. The molecule has 0 saturated carbocycles. The number of carbonyl (C=O) groups excluding carboxylic acids is 1. The smallest absolute Gasteiger partial charge is 0.317 e. The van der Waals surface area contributed by atoms with Crippen LogP contribution < -0.4 is 5.32 Å². The summed E-state index contributed by atoms with van der Waals surface area (Å²) in [5.41, 5.74) is 0.612. The van der Waals surface area contributed by atoms with Crippen molar-refractivity contribution in [2.24, 2.45) is 0 Å². The fourth-order valence-electron chi connectivity index (χ4n) is 2.14. The van der Waals surface area contributed by atoms with Crippen LogP contribution in [0.2, 0.25) is 5.02 Å². The van der Waals surface area contributed by atoms with Crippen LogP contribution in [0.5, 0.6) is 0 Å². The largest absolute Gasteiger partial charge is 0.372 e. The van der Waals surface area contributed by atoms with Gasteiger partial charge in [0.05, 0.1) is 18.8 Å². The van der Waals surface area contributed by atoms with E-state index in [1.54, 1.807) is 4.90 Å². The first-order valence-electron chi connectivity index (χ1n) is 6.48. The van der Waals surface area contributed by atoms with E-state index in [1.165, 1.54) is 0 Å². The van der Waals surface area contributed by atoms with Crippen LogP contribution in [-0.2, 0) is 11.3 Å². The van der Waals surface area contributed by atoms with Crippen molar-refractivity contribution in [1.82, 2.24) is 10.2 Å². The summed E-state index contributed by atoms with van der Waals surface area (Å²) in [6.07, 6.45) is 0. The lowest BCUT2D eigenvalue weighted by Crippen LogP contribution is -2.53. The summed E-state index contributed by atoms with van der Waals surface area (Å²) in [6, 6.07) is 5.54. The molecule has 6 heteroatoms. The number of hydrogen-bond donors (Lipinski definition) is 1. The minimum atomic E-state index is -0.287. The van der Waals surface area contributed by atoms with Gasteiger partial charge in [0.1, 0.15) is 0 Å². The van der Waals surface area contributed by atoms with Gasteiger partial charge in [-0.05, 0) is 31.5 Å². The summed E-state index contributed by atoms with van der Waals surface area (Å²) in [4.78, 5) is 13.9. The van der Waals surface area contributed by atoms with Crippen LogP contribution in [0, 0.1) is 0 Å². The number of rotatable bonds is 2. The molecule has 20 heavy (non-hydrogen) atoms. The van der Waals surface area contributed by atoms with E-state index in [-0.39, 0.29) is 11.6 Å². The van der Waals surface area contributed by atoms with Crippen LogP contribution in [0.4, 0.5) is 4.79 Å². The molecule has 0 aromatic heterocycles. The van der Waals surface area contributed by atoms with Crippen molar-refractivity contribution in [2.45, 2.75) is 26.0 Å². The number of hydrogen-bond acceptors (Lipinski definition) is 2. The summed E-state index contributed by atoms with van der Waals surface area (Å²) < 4.78 is 6.52. The number of urea groups is 1. The SMILES string of the molecule is CC1(C)CN(C(=O)NCc2ccc(Br)cc2Cl)CCO1. The third-order valence-corrected chi connectivity index (χ3v) is 4.00. The highest BCUT2D eigenvalue weighted by Gasteiger charge is 2.29. The molecule has 1 aromatic carbocycles. The molecular formula is C14H18BrClN2O2. The van der Waals surface area contributed by atoms with Crippen molar-refractivity contribution in [3.05, 3.63) is 33.3 Å². The third kappa shape index (κ3) is 4.11. The van der Waals surface area contributed by atoms with E-state index < -0.39 is 0 Å². The predicted octanol–water partition coefficient (Wildman–Crippen LogP) is 3.42. The predicted molar refractivity (Wildman–Crippen MR) is 83.0 cm³/mol. The molecule has 4 nitrogen and oxygen atoms in total. The molecule has 110 valence electrons. The van der Waals surface area contributed by atoms with E-state index >= 15 is 0 Å². The number of nitrogens with zero attached hydrogens (tertiary/aromatic N) is 1. The number of amides is 2. The fraction of sp³-hybridized carbons (Fsp3) is 0.500. The van der Waals surface area contributed by atoms with Crippen LogP contribution in [0.1, 0.15) is 19.4 Å². The molecule has 0 bridgehead atoms. The Morgan fingerprint density at radius 3 is 2.95 bits per heavy atom. The first-order valence-corrected chi connectivity index (χ1v) is 7.65. The first-order chi connectivity index (χ1) is 9.37. The van der Waals surface area contributed by atoms with Crippen LogP contribution in [0.15, 0.2) is 22.7 Å². The quantitative estimate of drug-likeness (QED) is 0.877. The highest BCUT2D eigenvalue weighted by Crippen LogP contribution is 2.21. The summed E-state index contributed by atoms with van der Waals surface area (Å²) in [5, 5.41) is 3.54. The summed E-state index contributed by atoms with van der Waals surface area (Å²) in [5.74, 6) is 0. The molecule has 1 aromatic rings. The molecule has 1 aliphatic heterocycles. The van der Waals surface area contributed by atoms with E-state index in [1.807, 2.05) is 32.0 Å². The summed E-state index contributed by atoms with van der Waals surface area (Å²) in [7, 11) is 0. The average Bonchev–Trinajstić information content (AvgIpc) is 2.36.